The number of pyridine rings is 1. The molecular formula is C34H35F3N6O2. The largest absolute Gasteiger partial charge is 0.405 e. The third-order valence-corrected chi connectivity index (χ3v) is 8.50. The Morgan fingerprint density at radius 1 is 1.00 bits per heavy atom. The van der Waals surface area contributed by atoms with Gasteiger partial charge < -0.3 is 25.8 Å². The van der Waals surface area contributed by atoms with Crippen molar-refractivity contribution in [2.24, 2.45) is 0 Å². The average molecular weight is 617 g/mol. The standard InChI is InChI=1S/C34H35F3N6O2/c1-21-17-24(32(44)38-20-34(35,36)37)19-28-30(18-22(2)39-31(21)28)40-25-7-9-26(10-8-25)42-14-12-27(13-15-42)43-16-11-23-5-3-4-6-29(23)41-33(43)45/h3-10,17-19,27H,11-16,20H2,1-2H3,(H,38,44)(H,39,40)(H,41,45). The number of nitrogens with one attached hydrogen (secondary N) is 3. The van der Waals surface area contributed by atoms with E-state index in [0.29, 0.717) is 28.7 Å². The Bertz CT molecular complexity index is 1730. The summed E-state index contributed by atoms with van der Waals surface area (Å²) in [5.74, 6) is -0.793. The topological polar surface area (TPSA) is 89.6 Å². The first kappa shape index (κ1) is 30.2. The molecule has 0 saturated carbocycles. The van der Waals surface area contributed by atoms with Crippen molar-refractivity contribution < 1.29 is 22.8 Å². The molecule has 3 aromatic carbocycles. The number of nitrogens with zero attached hydrogens (tertiary/aromatic N) is 3. The number of aryl methyl sites for hydroxylation is 2. The average Bonchev–Trinajstić information content (AvgIpc) is 3.18. The number of rotatable bonds is 6. The van der Waals surface area contributed by atoms with Crippen molar-refractivity contribution in [3.05, 3.63) is 89.1 Å². The lowest BCUT2D eigenvalue weighted by Crippen LogP contribution is -2.48. The molecule has 0 radical (unpaired) electrons. The Morgan fingerprint density at radius 3 is 2.47 bits per heavy atom. The van der Waals surface area contributed by atoms with E-state index in [9.17, 15) is 22.8 Å². The van der Waals surface area contributed by atoms with Crippen LogP contribution in [0.1, 0.15) is 40.0 Å². The number of carbonyl (C=O) groups excluding carboxylic acids is 2. The molecular weight excluding hydrogens is 581 g/mol. The summed E-state index contributed by atoms with van der Waals surface area (Å²) in [5.41, 5.74) is 6.95. The maximum Gasteiger partial charge on any atom is 0.405 e. The van der Waals surface area contributed by atoms with Crippen molar-refractivity contribution in [2.45, 2.75) is 45.3 Å². The van der Waals surface area contributed by atoms with Crippen molar-refractivity contribution in [1.29, 1.82) is 0 Å². The number of amides is 3. The minimum absolute atomic E-state index is 0.0306. The summed E-state index contributed by atoms with van der Waals surface area (Å²) in [6.07, 6.45) is -1.90. The van der Waals surface area contributed by atoms with Gasteiger partial charge in [0.15, 0.2) is 0 Å². The molecule has 1 aromatic heterocycles. The maximum atomic E-state index is 13.0. The fraction of sp³-hybridized carbons (Fsp3) is 0.324. The molecule has 1 fully saturated rings. The molecule has 3 heterocycles. The van der Waals surface area contributed by atoms with Gasteiger partial charge in [0.1, 0.15) is 6.54 Å². The zero-order valence-electron chi connectivity index (χ0n) is 25.2. The fourth-order valence-corrected chi connectivity index (χ4v) is 6.23. The molecule has 3 N–H and O–H groups in total. The van der Waals surface area contributed by atoms with Gasteiger partial charge in [-0.3, -0.25) is 9.78 Å². The van der Waals surface area contributed by atoms with E-state index in [1.807, 2.05) is 53.5 Å². The molecule has 234 valence electrons. The van der Waals surface area contributed by atoms with Crippen LogP contribution in [0, 0.1) is 13.8 Å². The first-order valence-corrected chi connectivity index (χ1v) is 15.1. The Balaban J connectivity index is 1.12. The normalized spacial score (nSPS) is 15.8. The minimum Gasteiger partial charge on any atom is -0.371 e. The summed E-state index contributed by atoms with van der Waals surface area (Å²) in [4.78, 5) is 34.4. The van der Waals surface area contributed by atoms with Crippen LogP contribution >= 0.6 is 0 Å². The lowest BCUT2D eigenvalue weighted by Gasteiger charge is -2.39. The van der Waals surface area contributed by atoms with Crippen LogP contribution in [0.25, 0.3) is 10.9 Å². The molecule has 3 amide bonds. The molecule has 2 aliphatic heterocycles. The Kier molecular flexibility index (Phi) is 8.26. The predicted molar refractivity (Wildman–Crippen MR) is 170 cm³/mol. The van der Waals surface area contributed by atoms with E-state index in [1.54, 1.807) is 19.1 Å². The summed E-state index contributed by atoms with van der Waals surface area (Å²) in [5, 5.41) is 9.08. The van der Waals surface area contributed by atoms with E-state index in [1.165, 1.54) is 0 Å². The third kappa shape index (κ3) is 6.82. The van der Waals surface area contributed by atoms with Crippen molar-refractivity contribution in [3.8, 4) is 0 Å². The van der Waals surface area contributed by atoms with E-state index < -0.39 is 18.6 Å². The van der Waals surface area contributed by atoms with E-state index in [2.05, 4.69) is 38.7 Å². The first-order chi connectivity index (χ1) is 21.5. The van der Waals surface area contributed by atoms with E-state index in [4.69, 9.17) is 0 Å². The molecule has 8 nitrogen and oxygen atoms in total. The number of halogens is 3. The highest BCUT2D eigenvalue weighted by molar-refractivity contribution is 6.03. The maximum absolute atomic E-state index is 13.0. The second-order valence-electron chi connectivity index (χ2n) is 11.7. The molecule has 0 aliphatic carbocycles. The Morgan fingerprint density at radius 2 is 1.73 bits per heavy atom. The van der Waals surface area contributed by atoms with Gasteiger partial charge in [0.05, 0.1) is 5.52 Å². The van der Waals surface area contributed by atoms with Crippen LogP contribution in [0.15, 0.2) is 66.7 Å². The lowest BCUT2D eigenvalue weighted by atomic mass is 10.0. The smallest absolute Gasteiger partial charge is 0.371 e. The Hall–Kier alpha value is -4.80. The van der Waals surface area contributed by atoms with Crippen molar-refractivity contribution in [3.63, 3.8) is 0 Å². The zero-order valence-corrected chi connectivity index (χ0v) is 25.2. The molecule has 4 aromatic rings. The predicted octanol–water partition coefficient (Wildman–Crippen LogP) is 6.95. The van der Waals surface area contributed by atoms with Gasteiger partial charge in [-0.15, -0.1) is 0 Å². The second kappa shape index (κ2) is 12.3. The summed E-state index contributed by atoms with van der Waals surface area (Å²) >= 11 is 0. The van der Waals surface area contributed by atoms with Gasteiger partial charge in [-0.05, 0) is 92.8 Å². The number of alkyl halides is 3. The van der Waals surface area contributed by atoms with Gasteiger partial charge >= 0.3 is 12.2 Å². The summed E-state index contributed by atoms with van der Waals surface area (Å²) in [6.45, 7) is 4.63. The number of aromatic nitrogens is 1. The zero-order chi connectivity index (χ0) is 31.7. The SMILES string of the molecule is Cc1cc(Nc2ccc(N3CCC(N4CCc5ccccc5NC4=O)CC3)cc2)c2cc(C(=O)NCC(F)(F)F)cc(C)c2n1. The molecule has 6 rings (SSSR count). The van der Waals surface area contributed by atoms with Crippen LogP contribution in [0.2, 0.25) is 0 Å². The fourth-order valence-electron chi connectivity index (χ4n) is 6.23. The highest BCUT2D eigenvalue weighted by Gasteiger charge is 2.30. The van der Waals surface area contributed by atoms with Crippen LogP contribution in [-0.4, -0.2) is 60.2 Å². The molecule has 0 bridgehead atoms. The number of hydrogen-bond donors (Lipinski definition) is 3. The molecule has 0 unspecified atom stereocenters. The quantitative estimate of drug-likeness (QED) is 0.218. The van der Waals surface area contributed by atoms with Gasteiger partial charge in [0.2, 0.25) is 0 Å². The molecule has 11 heteroatoms. The molecule has 2 aliphatic rings. The number of hydrogen-bond acceptors (Lipinski definition) is 5. The van der Waals surface area contributed by atoms with Crippen molar-refractivity contribution in [1.82, 2.24) is 15.2 Å². The molecule has 1 saturated heterocycles. The monoisotopic (exact) mass is 616 g/mol. The summed E-state index contributed by atoms with van der Waals surface area (Å²) < 4.78 is 38.0. The third-order valence-electron chi connectivity index (χ3n) is 8.50. The molecule has 0 spiro atoms. The van der Waals surface area contributed by atoms with Gasteiger partial charge in [-0.2, -0.15) is 13.2 Å². The number of urea groups is 1. The van der Waals surface area contributed by atoms with Crippen LogP contribution < -0.4 is 20.9 Å². The minimum atomic E-state index is -4.49. The number of carbonyl (C=O) groups is 2. The molecule has 45 heavy (non-hydrogen) atoms. The van der Waals surface area contributed by atoms with Gasteiger partial charge in [0, 0.05) is 65.1 Å². The molecule has 0 atom stereocenters. The van der Waals surface area contributed by atoms with E-state index in [0.717, 1.165) is 60.7 Å². The van der Waals surface area contributed by atoms with Gasteiger partial charge in [-0.25, -0.2) is 4.79 Å². The number of piperidine rings is 1. The highest BCUT2D eigenvalue weighted by Crippen LogP contribution is 2.32. The van der Waals surface area contributed by atoms with E-state index in [-0.39, 0.29) is 17.6 Å². The first-order valence-electron chi connectivity index (χ1n) is 15.1. The highest BCUT2D eigenvalue weighted by atomic mass is 19.4. The van der Waals surface area contributed by atoms with Crippen LogP contribution in [0.4, 0.5) is 40.7 Å². The summed E-state index contributed by atoms with van der Waals surface area (Å²) in [6, 6.07) is 21.2. The lowest BCUT2D eigenvalue weighted by molar-refractivity contribution is -0.123. The number of fused-ring (bicyclic) bond motifs is 2. The number of anilines is 4. The number of benzene rings is 3. The second-order valence-corrected chi connectivity index (χ2v) is 11.7. The van der Waals surface area contributed by atoms with E-state index >= 15 is 0 Å². The van der Waals surface area contributed by atoms with Gasteiger partial charge in [0.25, 0.3) is 5.91 Å². The van der Waals surface area contributed by atoms with Gasteiger partial charge in [-0.1, -0.05) is 18.2 Å². The Labute approximate surface area is 259 Å². The number of para-hydroxylation sites is 1. The van der Waals surface area contributed by atoms with Crippen LogP contribution in [0.3, 0.4) is 0 Å². The van der Waals surface area contributed by atoms with Crippen molar-refractivity contribution >= 4 is 45.6 Å². The summed E-state index contributed by atoms with van der Waals surface area (Å²) in [7, 11) is 0. The van der Waals surface area contributed by atoms with Crippen molar-refractivity contribution in [2.75, 3.05) is 41.7 Å². The van der Waals surface area contributed by atoms with Crippen LogP contribution in [-0.2, 0) is 6.42 Å². The van der Waals surface area contributed by atoms with Crippen LogP contribution in [0.5, 0.6) is 0 Å².